The van der Waals surface area contributed by atoms with Crippen molar-refractivity contribution in [2.45, 2.75) is 0 Å². The van der Waals surface area contributed by atoms with Crippen LogP contribution in [0.2, 0.25) is 0 Å². The van der Waals surface area contributed by atoms with Crippen molar-refractivity contribution in [3.05, 3.63) is 12.7 Å². The maximum atomic E-state index is 9.67. The minimum atomic E-state index is -0.0440. The van der Waals surface area contributed by atoms with Crippen molar-refractivity contribution in [3.8, 4) is 0 Å². The van der Waals surface area contributed by atoms with Gasteiger partial charge in [0.1, 0.15) is 0 Å². The Hall–Kier alpha value is 0.709. The third kappa shape index (κ3) is 8.83. The van der Waals surface area contributed by atoms with Gasteiger partial charge in [-0.1, -0.05) is 0 Å². The molecule has 30 valence electrons. The second-order valence-corrected chi connectivity index (χ2v) is 1.23. The van der Waals surface area contributed by atoms with Crippen molar-refractivity contribution in [1.29, 1.82) is 0 Å². The molecule has 0 saturated heterocycles. The van der Waals surface area contributed by atoms with E-state index in [4.69, 9.17) is 0 Å². The van der Waals surface area contributed by atoms with Crippen molar-refractivity contribution in [1.82, 2.24) is 0 Å². The minimum Gasteiger partial charge on any atom is 0 e. The first-order chi connectivity index (χ1) is 2.27. The van der Waals surface area contributed by atoms with E-state index in [1.807, 2.05) is 17.4 Å². The van der Waals surface area contributed by atoms with Crippen molar-refractivity contribution < 1.29 is 43.9 Å². The van der Waals surface area contributed by atoms with E-state index >= 15 is 0 Å². The molecule has 3 heteroatoms. The summed E-state index contributed by atoms with van der Waals surface area (Å²) in [6.07, 6.45) is 1.25. The van der Waals surface area contributed by atoms with Gasteiger partial charge in [-0.25, -0.2) is 0 Å². The van der Waals surface area contributed by atoms with E-state index in [9.17, 15) is 4.79 Å². The average molecular weight is 154 g/mol. The van der Waals surface area contributed by atoms with Gasteiger partial charge in [-0.2, -0.15) is 0 Å². The summed E-state index contributed by atoms with van der Waals surface area (Å²) in [5.41, 5.74) is 0. The van der Waals surface area contributed by atoms with Crippen LogP contribution in [-0.4, -0.2) is 4.49 Å². The fourth-order valence-corrected chi connectivity index (χ4v) is 0. The fourth-order valence-electron chi connectivity index (χ4n) is 0. The predicted octanol–water partition coefficient (Wildman–Crippen LogP) is 0.243. The number of carbonyl (C=O) groups excluding carboxylic acids is 1. The number of hydrogen-bond donors (Lipinski definition) is 0. The van der Waals surface area contributed by atoms with Crippen LogP contribution in [0.4, 0.5) is 0 Å². The molecule has 0 N–H and O–H groups in total. The zero-order chi connectivity index (χ0) is 4.28. The summed E-state index contributed by atoms with van der Waals surface area (Å²) < 4.78 is -0.0440. The summed E-state index contributed by atoms with van der Waals surface area (Å²) in [7, 11) is 0. The van der Waals surface area contributed by atoms with E-state index < -0.39 is 0 Å². The van der Waals surface area contributed by atoms with Gasteiger partial charge in [0, 0.05) is 21.7 Å². The molecular formula is C3H3OTiV. The van der Waals surface area contributed by atoms with E-state index in [0.29, 0.717) is 0 Å². The number of carbonyl (C=O) groups is 1. The van der Waals surface area contributed by atoms with Crippen LogP contribution in [0.3, 0.4) is 0 Å². The van der Waals surface area contributed by atoms with E-state index in [1.54, 1.807) is 0 Å². The van der Waals surface area contributed by atoms with Crippen molar-refractivity contribution in [3.63, 3.8) is 0 Å². The van der Waals surface area contributed by atoms with Crippen LogP contribution in [0.1, 0.15) is 0 Å². The topological polar surface area (TPSA) is 17.1 Å². The molecule has 6 heavy (non-hydrogen) atoms. The number of rotatable bonds is 1. The first-order valence-electron chi connectivity index (χ1n) is 1.12. The zero-order valence-corrected chi connectivity index (χ0v) is 6.10. The summed E-state index contributed by atoms with van der Waals surface area (Å²) in [6.45, 7) is 3.20. The number of allylic oxidation sites excluding steroid dienone is 1. The predicted molar refractivity (Wildman–Crippen MR) is 15.2 cm³/mol. The number of hydrogen-bond acceptors (Lipinski definition) is 1. The Balaban J connectivity index is 0. The van der Waals surface area contributed by atoms with Gasteiger partial charge >= 0.3 is 39.4 Å². The molecule has 0 bridgehead atoms. The Morgan fingerprint density at radius 2 is 2.00 bits per heavy atom. The molecule has 0 aliphatic heterocycles. The largest absolute Gasteiger partial charge is 0 e. The fraction of sp³-hybridized carbons (Fsp3) is 0. The molecule has 1 nitrogen and oxygen atoms in total. The summed E-state index contributed by atoms with van der Waals surface area (Å²) in [4.78, 5) is 9.67. The van der Waals surface area contributed by atoms with Crippen molar-refractivity contribution in [2.75, 3.05) is 0 Å². The molecule has 0 radical (unpaired) electrons. The third-order valence-corrected chi connectivity index (χ3v) is 0.460. The summed E-state index contributed by atoms with van der Waals surface area (Å²) in [5.74, 6) is 0. The molecule has 0 spiro atoms. The van der Waals surface area contributed by atoms with Crippen LogP contribution < -0.4 is 0 Å². The Morgan fingerprint density at radius 1 is 1.83 bits per heavy atom. The molecular weight excluding hydrogens is 151 g/mol. The Morgan fingerprint density at radius 3 is 2.00 bits per heavy atom. The molecule has 0 fully saturated rings. The quantitative estimate of drug-likeness (QED) is 0.390. The van der Waals surface area contributed by atoms with Crippen LogP contribution in [0.5, 0.6) is 0 Å². The SMILES string of the molecule is C=C[C](=O)[V].[Ti]. The van der Waals surface area contributed by atoms with Crippen LogP contribution in [-0.2, 0) is 43.9 Å². The van der Waals surface area contributed by atoms with E-state index in [1.165, 1.54) is 6.08 Å². The van der Waals surface area contributed by atoms with Gasteiger partial charge in [0.15, 0.2) is 0 Å². The second-order valence-electron chi connectivity index (χ2n) is 0.542. The molecule has 0 unspecified atom stereocenters. The molecule has 0 aromatic carbocycles. The van der Waals surface area contributed by atoms with E-state index in [2.05, 4.69) is 6.58 Å². The summed E-state index contributed by atoms with van der Waals surface area (Å²) >= 11 is 1.85. The molecule has 0 aliphatic rings. The smallest absolute Gasteiger partial charge is 0 e. The average Bonchev–Trinajstić information content (AvgIpc) is 1.38. The van der Waals surface area contributed by atoms with Crippen LogP contribution in [0.25, 0.3) is 0 Å². The van der Waals surface area contributed by atoms with Gasteiger partial charge in [0.05, 0.1) is 0 Å². The van der Waals surface area contributed by atoms with Gasteiger partial charge in [-0.05, 0) is 0 Å². The first-order valence-corrected chi connectivity index (χ1v) is 1.82. The molecule has 0 rings (SSSR count). The minimum absolute atomic E-state index is 0. The van der Waals surface area contributed by atoms with Gasteiger partial charge in [-0.15, -0.1) is 0 Å². The molecule has 0 aromatic heterocycles. The Labute approximate surface area is 61.0 Å². The maximum absolute atomic E-state index is 9.67. The van der Waals surface area contributed by atoms with Crippen LogP contribution in [0.15, 0.2) is 12.7 Å². The first kappa shape index (κ1) is 9.86. The van der Waals surface area contributed by atoms with Gasteiger partial charge in [-0.3, -0.25) is 0 Å². The van der Waals surface area contributed by atoms with Gasteiger partial charge in [0.25, 0.3) is 0 Å². The monoisotopic (exact) mass is 154 g/mol. The van der Waals surface area contributed by atoms with E-state index in [0.717, 1.165) is 0 Å². The Bertz CT molecular complexity index is 61.8. The summed E-state index contributed by atoms with van der Waals surface area (Å²) in [5, 5.41) is 0. The second kappa shape index (κ2) is 5.71. The molecule has 0 heterocycles. The van der Waals surface area contributed by atoms with Crippen LogP contribution in [0, 0.1) is 0 Å². The molecule has 0 aliphatic carbocycles. The summed E-state index contributed by atoms with van der Waals surface area (Å²) in [6, 6.07) is 0. The van der Waals surface area contributed by atoms with Crippen molar-refractivity contribution in [2.24, 2.45) is 0 Å². The molecule has 0 atom stereocenters. The molecule has 0 saturated carbocycles. The normalized spacial score (nSPS) is 5.33. The zero-order valence-electron chi connectivity index (χ0n) is 3.14. The molecule has 0 aromatic rings. The van der Waals surface area contributed by atoms with E-state index in [-0.39, 0.29) is 26.2 Å². The molecule has 0 amide bonds. The van der Waals surface area contributed by atoms with Crippen LogP contribution >= 0.6 is 0 Å². The van der Waals surface area contributed by atoms with Gasteiger partial charge < -0.3 is 0 Å². The standard InChI is InChI=1S/C3H3O.Ti.V/c1-2-3-4;;/h2H,1H2;;. The Kier molecular flexibility index (Phi) is 9.38. The third-order valence-electron chi connectivity index (χ3n) is 0.175. The van der Waals surface area contributed by atoms with Crippen molar-refractivity contribution >= 4 is 4.49 Å². The maximum Gasteiger partial charge on any atom is 0 e. The van der Waals surface area contributed by atoms with Gasteiger partial charge in [0.2, 0.25) is 0 Å².